The number of hydrogen-bond acceptors (Lipinski definition) is 8. The number of rotatable bonds is 6. The molecule has 0 atom stereocenters. The molecule has 2 aromatic rings. The molecule has 0 aromatic carbocycles. The average molecular weight is 393 g/mol. The Morgan fingerprint density at radius 2 is 2.12 bits per heavy atom. The van der Waals surface area contributed by atoms with Gasteiger partial charge in [0.25, 0.3) is 0 Å². The normalized spacial score (nSPS) is 13.8. The van der Waals surface area contributed by atoms with Crippen molar-refractivity contribution in [1.82, 2.24) is 15.6 Å². The molecule has 0 saturated carbocycles. The van der Waals surface area contributed by atoms with Crippen LogP contribution in [0.3, 0.4) is 0 Å². The molecule has 2 amide bonds. The maximum atomic E-state index is 12.2. The quantitative estimate of drug-likeness (QED) is 0.729. The maximum absolute atomic E-state index is 12.2. The first-order valence-electron chi connectivity index (χ1n) is 7.69. The third-order valence-electron chi connectivity index (χ3n) is 3.37. The van der Waals surface area contributed by atoms with Crippen LogP contribution < -0.4 is 10.6 Å². The Hall–Kier alpha value is -2.72. The molecule has 0 spiro atoms. The third-order valence-corrected chi connectivity index (χ3v) is 5.25. The van der Waals surface area contributed by atoms with Crippen LogP contribution in [0, 0.1) is 0 Å². The minimum atomic E-state index is -0.632. The number of thiophene rings is 1. The number of amides is 2. The van der Waals surface area contributed by atoms with E-state index in [0.717, 1.165) is 9.88 Å². The van der Waals surface area contributed by atoms with E-state index in [2.05, 4.69) is 15.6 Å². The van der Waals surface area contributed by atoms with Crippen molar-refractivity contribution < 1.29 is 23.9 Å². The fourth-order valence-corrected chi connectivity index (χ4v) is 3.76. The summed E-state index contributed by atoms with van der Waals surface area (Å²) in [5, 5.41) is 9.23. The van der Waals surface area contributed by atoms with Crippen molar-refractivity contribution in [2.24, 2.45) is 0 Å². The molecule has 0 bridgehead atoms. The lowest BCUT2D eigenvalue weighted by atomic mass is 10.2. The van der Waals surface area contributed by atoms with Gasteiger partial charge in [0.15, 0.2) is 5.69 Å². The van der Waals surface area contributed by atoms with E-state index in [4.69, 9.17) is 9.47 Å². The van der Waals surface area contributed by atoms with Crippen LogP contribution in [0.25, 0.3) is 9.88 Å². The minimum absolute atomic E-state index is 0.0107. The molecule has 1 aliphatic rings. The van der Waals surface area contributed by atoms with Crippen molar-refractivity contribution >= 4 is 40.6 Å². The van der Waals surface area contributed by atoms with Gasteiger partial charge in [-0.2, -0.15) is 0 Å². The number of esters is 2. The van der Waals surface area contributed by atoms with Gasteiger partial charge >= 0.3 is 18.0 Å². The first-order chi connectivity index (χ1) is 12.6. The molecule has 0 unspecified atom stereocenters. The van der Waals surface area contributed by atoms with E-state index in [0.29, 0.717) is 0 Å². The SMILES string of the molecule is CCOC(=O)C1=C(COC(=O)c2csc(-c3cccs3)n2)NC(=O)NC1. The molecule has 136 valence electrons. The number of nitrogens with one attached hydrogen (secondary N) is 2. The van der Waals surface area contributed by atoms with Gasteiger partial charge in [0.2, 0.25) is 0 Å². The van der Waals surface area contributed by atoms with Crippen LogP contribution in [-0.4, -0.2) is 42.7 Å². The van der Waals surface area contributed by atoms with Gasteiger partial charge in [-0.05, 0) is 18.4 Å². The predicted octanol–water partition coefficient (Wildman–Crippen LogP) is 2.16. The van der Waals surface area contributed by atoms with E-state index in [1.165, 1.54) is 22.7 Å². The molecule has 10 heteroatoms. The summed E-state index contributed by atoms with van der Waals surface area (Å²) in [6, 6.07) is 3.35. The van der Waals surface area contributed by atoms with Crippen molar-refractivity contribution in [3.05, 3.63) is 39.9 Å². The zero-order chi connectivity index (χ0) is 18.5. The van der Waals surface area contributed by atoms with Crippen molar-refractivity contribution in [1.29, 1.82) is 0 Å². The first-order valence-corrected chi connectivity index (χ1v) is 9.45. The van der Waals surface area contributed by atoms with Crippen LogP contribution >= 0.6 is 22.7 Å². The number of nitrogens with zero attached hydrogens (tertiary/aromatic N) is 1. The largest absolute Gasteiger partial charge is 0.463 e. The van der Waals surface area contributed by atoms with Crippen LogP contribution in [-0.2, 0) is 14.3 Å². The van der Waals surface area contributed by atoms with Crippen molar-refractivity contribution in [2.75, 3.05) is 19.8 Å². The Bertz CT molecular complexity index is 857. The highest BCUT2D eigenvalue weighted by Crippen LogP contribution is 2.28. The van der Waals surface area contributed by atoms with Crippen molar-refractivity contribution in [3.63, 3.8) is 0 Å². The minimum Gasteiger partial charge on any atom is -0.463 e. The lowest BCUT2D eigenvalue weighted by Crippen LogP contribution is -2.45. The summed E-state index contributed by atoms with van der Waals surface area (Å²) < 4.78 is 10.2. The Labute approximate surface area is 156 Å². The average Bonchev–Trinajstić information content (AvgIpc) is 3.31. The smallest absolute Gasteiger partial charge is 0.358 e. The second-order valence-electron chi connectivity index (χ2n) is 5.08. The number of aromatic nitrogens is 1. The summed E-state index contributed by atoms with van der Waals surface area (Å²) >= 11 is 2.87. The molecule has 8 nitrogen and oxygen atoms in total. The second kappa shape index (κ2) is 8.11. The number of carbonyl (C=O) groups excluding carboxylic acids is 3. The van der Waals surface area contributed by atoms with E-state index < -0.39 is 18.0 Å². The number of hydrogen-bond donors (Lipinski definition) is 2. The lowest BCUT2D eigenvalue weighted by molar-refractivity contribution is -0.138. The van der Waals surface area contributed by atoms with Gasteiger partial charge < -0.3 is 20.1 Å². The van der Waals surface area contributed by atoms with Gasteiger partial charge in [0.05, 0.1) is 29.3 Å². The van der Waals surface area contributed by atoms with Crippen LogP contribution in [0.1, 0.15) is 17.4 Å². The van der Waals surface area contributed by atoms with E-state index in [-0.39, 0.29) is 36.7 Å². The van der Waals surface area contributed by atoms with Crippen molar-refractivity contribution in [2.45, 2.75) is 6.92 Å². The standard InChI is InChI=1S/C16H15N3O5S2/c1-2-23-14(20)9-6-17-16(22)19-10(9)7-24-15(21)11-8-26-13(18-11)12-4-3-5-25-12/h3-5,8H,2,6-7H2,1H3,(H2,17,19,22). The molecule has 2 aromatic heterocycles. The van der Waals surface area contributed by atoms with Gasteiger partial charge in [-0.1, -0.05) is 6.07 Å². The molecule has 0 radical (unpaired) electrons. The molecule has 2 N–H and O–H groups in total. The molecular weight excluding hydrogens is 378 g/mol. The second-order valence-corrected chi connectivity index (χ2v) is 6.88. The Morgan fingerprint density at radius 3 is 2.85 bits per heavy atom. The molecule has 0 aliphatic carbocycles. The summed E-state index contributed by atoms with van der Waals surface area (Å²) in [7, 11) is 0. The molecule has 1 aliphatic heterocycles. The van der Waals surface area contributed by atoms with Crippen LogP contribution in [0.5, 0.6) is 0 Å². The predicted molar refractivity (Wildman–Crippen MR) is 95.9 cm³/mol. The molecule has 0 saturated heterocycles. The van der Waals surface area contributed by atoms with Crippen LogP contribution in [0.15, 0.2) is 34.2 Å². The highest BCUT2D eigenvalue weighted by molar-refractivity contribution is 7.20. The molecular formula is C16H15N3O5S2. The van der Waals surface area contributed by atoms with Crippen molar-refractivity contribution in [3.8, 4) is 9.88 Å². The Morgan fingerprint density at radius 1 is 1.27 bits per heavy atom. The van der Waals surface area contributed by atoms with E-state index in [1.807, 2.05) is 17.5 Å². The lowest BCUT2D eigenvalue weighted by Gasteiger charge is -2.20. The highest BCUT2D eigenvalue weighted by Gasteiger charge is 2.25. The van der Waals surface area contributed by atoms with Gasteiger partial charge in [-0.25, -0.2) is 19.4 Å². The van der Waals surface area contributed by atoms with E-state index >= 15 is 0 Å². The number of carbonyl (C=O) groups is 3. The van der Waals surface area contributed by atoms with Gasteiger partial charge in [0.1, 0.15) is 11.6 Å². The van der Waals surface area contributed by atoms with Gasteiger partial charge in [-0.15, -0.1) is 22.7 Å². The molecule has 3 heterocycles. The molecule has 3 rings (SSSR count). The summed E-state index contributed by atoms with van der Waals surface area (Å²) in [6.45, 7) is 1.64. The Kier molecular flexibility index (Phi) is 5.64. The summed E-state index contributed by atoms with van der Waals surface area (Å²) in [5.41, 5.74) is 0.600. The van der Waals surface area contributed by atoms with Crippen LogP contribution in [0.2, 0.25) is 0 Å². The summed E-state index contributed by atoms with van der Waals surface area (Å²) in [4.78, 5) is 40.9. The summed E-state index contributed by atoms with van der Waals surface area (Å²) in [6.07, 6.45) is 0. The van der Waals surface area contributed by atoms with E-state index in [1.54, 1.807) is 12.3 Å². The highest BCUT2D eigenvalue weighted by atomic mass is 32.1. The molecule has 26 heavy (non-hydrogen) atoms. The number of urea groups is 1. The maximum Gasteiger partial charge on any atom is 0.358 e. The van der Waals surface area contributed by atoms with Gasteiger partial charge in [-0.3, -0.25) is 0 Å². The fraction of sp³-hybridized carbons (Fsp3) is 0.250. The molecule has 0 fully saturated rings. The zero-order valence-corrected chi connectivity index (χ0v) is 15.4. The Balaban J connectivity index is 1.69. The number of thiazole rings is 1. The number of ether oxygens (including phenoxy) is 2. The van der Waals surface area contributed by atoms with E-state index in [9.17, 15) is 14.4 Å². The topological polar surface area (TPSA) is 107 Å². The fourth-order valence-electron chi connectivity index (χ4n) is 2.16. The van der Waals surface area contributed by atoms with Crippen LogP contribution in [0.4, 0.5) is 4.79 Å². The third kappa shape index (κ3) is 4.09. The summed E-state index contributed by atoms with van der Waals surface area (Å²) in [5.74, 6) is -1.20. The van der Waals surface area contributed by atoms with Gasteiger partial charge in [0, 0.05) is 5.38 Å². The zero-order valence-electron chi connectivity index (χ0n) is 13.7. The monoisotopic (exact) mass is 393 g/mol. The first kappa shape index (κ1) is 18.1.